The summed E-state index contributed by atoms with van der Waals surface area (Å²) in [6, 6.07) is 0.140. The van der Waals surface area contributed by atoms with E-state index < -0.39 is 0 Å². The molecule has 2 rings (SSSR count). The van der Waals surface area contributed by atoms with E-state index in [-0.39, 0.29) is 18.1 Å². The van der Waals surface area contributed by atoms with E-state index in [1.165, 1.54) is 0 Å². The molecule has 0 aliphatic carbocycles. The quantitative estimate of drug-likeness (QED) is 0.852. The summed E-state index contributed by atoms with van der Waals surface area (Å²) < 4.78 is 0. The summed E-state index contributed by atoms with van der Waals surface area (Å²) in [6.07, 6.45) is 3.29. The third-order valence-electron chi connectivity index (χ3n) is 3.84. The monoisotopic (exact) mass is 297 g/mol. The van der Waals surface area contributed by atoms with E-state index in [4.69, 9.17) is 16.6 Å². The van der Waals surface area contributed by atoms with Crippen LogP contribution in [0.4, 0.5) is 5.82 Å². The highest BCUT2D eigenvalue weighted by Gasteiger charge is 2.28. The first-order valence-electron chi connectivity index (χ1n) is 7.26. The standard InChI is InChI=1S/C15H24ClN3O/c1-10-12(16)17-14(15(2,3)4)18-13(10)19-8-6-5-7-11(19)9-20/h11,20H,5-9H2,1-4H3. The summed E-state index contributed by atoms with van der Waals surface area (Å²) in [5.41, 5.74) is 0.761. The van der Waals surface area contributed by atoms with Crippen molar-refractivity contribution in [3.05, 3.63) is 16.5 Å². The van der Waals surface area contributed by atoms with Crippen molar-refractivity contribution in [1.29, 1.82) is 0 Å². The van der Waals surface area contributed by atoms with Crippen LogP contribution in [0, 0.1) is 6.92 Å². The van der Waals surface area contributed by atoms with Crippen molar-refractivity contribution in [1.82, 2.24) is 9.97 Å². The minimum absolute atomic E-state index is 0.140. The number of aromatic nitrogens is 2. The molecular weight excluding hydrogens is 274 g/mol. The maximum absolute atomic E-state index is 9.59. The van der Waals surface area contributed by atoms with Crippen LogP contribution in [-0.2, 0) is 5.41 Å². The molecule has 0 amide bonds. The highest BCUT2D eigenvalue weighted by atomic mass is 35.5. The number of aliphatic hydroxyl groups is 1. The smallest absolute Gasteiger partial charge is 0.137 e. The van der Waals surface area contributed by atoms with Gasteiger partial charge in [0.1, 0.15) is 16.8 Å². The molecule has 1 aromatic heterocycles. The van der Waals surface area contributed by atoms with Crippen molar-refractivity contribution in [2.45, 2.75) is 58.4 Å². The van der Waals surface area contributed by atoms with Crippen LogP contribution in [0.2, 0.25) is 5.15 Å². The number of halogens is 1. The van der Waals surface area contributed by atoms with Crippen molar-refractivity contribution in [3.63, 3.8) is 0 Å². The molecule has 1 N–H and O–H groups in total. The first-order chi connectivity index (χ1) is 9.34. The average molecular weight is 298 g/mol. The molecule has 0 radical (unpaired) electrons. The van der Waals surface area contributed by atoms with Crippen LogP contribution in [-0.4, -0.2) is 34.3 Å². The molecule has 1 saturated heterocycles. The fraction of sp³-hybridized carbons (Fsp3) is 0.733. The van der Waals surface area contributed by atoms with Gasteiger partial charge in [0, 0.05) is 17.5 Å². The lowest BCUT2D eigenvalue weighted by Gasteiger charge is -2.37. The summed E-state index contributed by atoms with van der Waals surface area (Å²) in [5.74, 6) is 1.64. The SMILES string of the molecule is Cc1c(Cl)nc(C(C)(C)C)nc1N1CCCCC1CO. The number of aliphatic hydroxyl groups excluding tert-OH is 1. The molecule has 1 fully saturated rings. The highest BCUT2D eigenvalue weighted by molar-refractivity contribution is 6.30. The summed E-state index contributed by atoms with van der Waals surface area (Å²) in [6.45, 7) is 9.27. The molecule has 0 spiro atoms. The van der Waals surface area contributed by atoms with Gasteiger partial charge in [-0.05, 0) is 26.2 Å². The van der Waals surface area contributed by atoms with E-state index in [0.29, 0.717) is 5.15 Å². The Labute approximate surface area is 126 Å². The molecule has 1 aliphatic heterocycles. The number of rotatable bonds is 2. The Balaban J connectivity index is 2.46. The van der Waals surface area contributed by atoms with E-state index in [0.717, 1.165) is 43.0 Å². The highest BCUT2D eigenvalue weighted by Crippen LogP contribution is 2.31. The topological polar surface area (TPSA) is 49.2 Å². The van der Waals surface area contributed by atoms with Gasteiger partial charge < -0.3 is 10.0 Å². The normalized spacial score (nSPS) is 20.3. The summed E-state index contributed by atoms with van der Waals surface area (Å²) in [4.78, 5) is 11.4. The zero-order valence-corrected chi connectivity index (χ0v) is 13.5. The molecular formula is C15H24ClN3O. The summed E-state index contributed by atoms with van der Waals surface area (Å²) in [7, 11) is 0. The number of hydrogen-bond donors (Lipinski definition) is 1. The van der Waals surface area contributed by atoms with Gasteiger partial charge in [-0.3, -0.25) is 0 Å². The number of nitrogens with zero attached hydrogens (tertiary/aromatic N) is 3. The van der Waals surface area contributed by atoms with Crippen LogP contribution >= 0.6 is 11.6 Å². The fourth-order valence-corrected chi connectivity index (χ4v) is 2.73. The van der Waals surface area contributed by atoms with Gasteiger partial charge in [-0.1, -0.05) is 32.4 Å². The minimum Gasteiger partial charge on any atom is -0.394 e. The van der Waals surface area contributed by atoms with Crippen LogP contribution in [0.3, 0.4) is 0 Å². The molecule has 1 unspecified atom stereocenters. The Kier molecular flexibility index (Phi) is 4.55. The average Bonchev–Trinajstić information content (AvgIpc) is 2.40. The van der Waals surface area contributed by atoms with Crippen LogP contribution in [0.25, 0.3) is 0 Å². The molecule has 0 aromatic carbocycles. The van der Waals surface area contributed by atoms with Crippen LogP contribution < -0.4 is 4.90 Å². The van der Waals surface area contributed by atoms with Gasteiger partial charge in [0.2, 0.25) is 0 Å². The summed E-state index contributed by atoms with van der Waals surface area (Å²) >= 11 is 6.29. The van der Waals surface area contributed by atoms with Crippen LogP contribution in [0.1, 0.15) is 51.4 Å². The zero-order valence-electron chi connectivity index (χ0n) is 12.8. The maximum atomic E-state index is 9.59. The van der Waals surface area contributed by atoms with Gasteiger partial charge in [-0.25, -0.2) is 9.97 Å². The number of anilines is 1. The number of piperidine rings is 1. The fourth-order valence-electron chi connectivity index (χ4n) is 2.56. The lowest BCUT2D eigenvalue weighted by Crippen LogP contribution is -2.43. The van der Waals surface area contributed by atoms with E-state index in [1.54, 1.807) is 0 Å². The lowest BCUT2D eigenvalue weighted by molar-refractivity contribution is 0.239. The van der Waals surface area contributed by atoms with Crippen molar-refractivity contribution < 1.29 is 5.11 Å². The largest absolute Gasteiger partial charge is 0.394 e. The number of hydrogen-bond acceptors (Lipinski definition) is 4. The minimum atomic E-state index is -0.142. The van der Waals surface area contributed by atoms with Gasteiger partial charge >= 0.3 is 0 Å². The molecule has 2 heterocycles. The van der Waals surface area contributed by atoms with Gasteiger partial charge in [0.25, 0.3) is 0 Å². The maximum Gasteiger partial charge on any atom is 0.137 e. The lowest BCUT2D eigenvalue weighted by atomic mass is 9.95. The van der Waals surface area contributed by atoms with Crippen molar-refractivity contribution >= 4 is 17.4 Å². The molecule has 0 saturated carbocycles. The van der Waals surface area contributed by atoms with Gasteiger partial charge in [-0.15, -0.1) is 0 Å². The van der Waals surface area contributed by atoms with Gasteiger partial charge in [-0.2, -0.15) is 0 Å². The molecule has 1 aliphatic rings. The molecule has 0 bridgehead atoms. The third kappa shape index (κ3) is 3.07. The van der Waals surface area contributed by atoms with E-state index in [2.05, 4.69) is 30.7 Å². The second-order valence-corrected chi connectivity index (χ2v) is 6.92. The first kappa shape index (κ1) is 15.5. The molecule has 4 nitrogen and oxygen atoms in total. The first-order valence-corrected chi connectivity index (χ1v) is 7.64. The third-order valence-corrected chi connectivity index (χ3v) is 4.21. The molecule has 1 aromatic rings. The Morgan fingerprint density at radius 2 is 2.00 bits per heavy atom. The van der Waals surface area contributed by atoms with Crippen LogP contribution in [0.5, 0.6) is 0 Å². The van der Waals surface area contributed by atoms with E-state index in [1.807, 2.05) is 6.92 Å². The van der Waals surface area contributed by atoms with Crippen molar-refractivity contribution in [3.8, 4) is 0 Å². The predicted molar refractivity (Wildman–Crippen MR) is 82.5 cm³/mol. The predicted octanol–water partition coefficient (Wildman–Crippen LogP) is 3.09. The molecule has 1 atom stereocenters. The Hall–Kier alpha value is -0.870. The molecule has 20 heavy (non-hydrogen) atoms. The second-order valence-electron chi connectivity index (χ2n) is 6.56. The van der Waals surface area contributed by atoms with E-state index in [9.17, 15) is 5.11 Å². The second kappa shape index (κ2) is 5.86. The molecule has 5 heteroatoms. The Bertz CT molecular complexity index is 485. The van der Waals surface area contributed by atoms with Gasteiger partial charge in [0.15, 0.2) is 0 Å². The Morgan fingerprint density at radius 1 is 1.30 bits per heavy atom. The molecule has 112 valence electrons. The zero-order chi connectivity index (χ0) is 14.9. The summed E-state index contributed by atoms with van der Waals surface area (Å²) in [5, 5.41) is 10.1. The van der Waals surface area contributed by atoms with Crippen LogP contribution in [0.15, 0.2) is 0 Å². The van der Waals surface area contributed by atoms with Gasteiger partial charge in [0.05, 0.1) is 12.6 Å². The van der Waals surface area contributed by atoms with Crippen molar-refractivity contribution in [2.24, 2.45) is 0 Å². The van der Waals surface area contributed by atoms with Crippen molar-refractivity contribution in [2.75, 3.05) is 18.1 Å². The van der Waals surface area contributed by atoms with E-state index >= 15 is 0 Å². The Morgan fingerprint density at radius 3 is 2.60 bits per heavy atom.